The summed E-state index contributed by atoms with van der Waals surface area (Å²) >= 11 is 6.05. The highest BCUT2D eigenvalue weighted by atomic mass is 35.5. The second kappa shape index (κ2) is 14.1. The molecule has 35 heavy (non-hydrogen) atoms. The molecule has 0 aliphatic carbocycles. The average Bonchev–Trinajstić information content (AvgIpc) is 2.82. The van der Waals surface area contributed by atoms with Gasteiger partial charge in [0.15, 0.2) is 0 Å². The fourth-order valence-corrected chi connectivity index (χ4v) is 5.04. The molecule has 0 radical (unpaired) electrons. The van der Waals surface area contributed by atoms with Crippen molar-refractivity contribution in [2.75, 3.05) is 30.2 Å². The van der Waals surface area contributed by atoms with Gasteiger partial charge in [-0.15, -0.1) is 0 Å². The van der Waals surface area contributed by atoms with Crippen LogP contribution in [0, 0.1) is 0 Å². The van der Waals surface area contributed by atoms with Crippen LogP contribution in [-0.4, -0.2) is 57.1 Å². The smallest absolute Gasteiger partial charge is 0.242 e. The minimum Gasteiger partial charge on any atom is -0.354 e. The van der Waals surface area contributed by atoms with Crippen molar-refractivity contribution in [2.45, 2.75) is 52.0 Å². The Kier molecular flexibility index (Phi) is 11.5. The number of carbonyl (C=O) groups is 2. The third-order valence-corrected chi connectivity index (χ3v) is 7.10. The number of rotatable bonds is 14. The number of hydrogen-bond acceptors (Lipinski definition) is 4. The summed E-state index contributed by atoms with van der Waals surface area (Å²) in [5.74, 6) is -0.327. The third-order valence-electron chi connectivity index (χ3n) is 5.67. The van der Waals surface area contributed by atoms with E-state index >= 15 is 0 Å². The molecule has 2 aromatic rings. The van der Waals surface area contributed by atoms with E-state index in [0.717, 1.165) is 18.2 Å². The number of nitrogens with zero attached hydrogens (tertiary/aromatic N) is 2. The van der Waals surface area contributed by atoms with Crippen LogP contribution in [0.4, 0.5) is 5.69 Å². The molecule has 0 aliphatic heterocycles. The Morgan fingerprint density at radius 1 is 1.03 bits per heavy atom. The van der Waals surface area contributed by atoms with Gasteiger partial charge in [0.05, 0.1) is 11.9 Å². The van der Waals surface area contributed by atoms with Crippen LogP contribution in [0.3, 0.4) is 0 Å². The van der Waals surface area contributed by atoms with E-state index in [4.69, 9.17) is 11.6 Å². The molecule has 2 rings (SSSR count). The van der Waals surface area contributed by atoms with Gasteiger partial charge in [0.1, 0.15) is 6.04 Å². The molecule has 2 amide bonds. The van der Waals surface area contributed by atoms with Crippen molar-refractivity contribution in [3.63, 3.8) is 0 Å². The summed E-state index contributed by atoms with van der Waals surface area (Å²) in [5.41, 5.74) is 1.54. The van der Waals surface area contributed by atoms with Crippen molar-refractivity contribution in [3.8, 4) is 0 Å². The van der Waals surface area contributed by atoms with Crippen molar-refractivity contribution < 1.29 is 18.0 Å². The molecule has 1 N–H and O–H groups in total. The zero-order valence-electron chi connectivity index (χ0n) is 20.7. The lowest BCUT2D eigenvalue weighted by atomic mass is 10.1. The topological polar surface area (TPSA) is 86.8 Å². The second-order valence-corrected chi connectivity index (χ2v) is 10.8. The first-order valence-corrected chi connectivity index (χ1v) is 14.2. The molecule has 1 unspecified atom stereocenters. The minimum atomic E-state index is -3.56. The fraction of sp³-hybridized carbons (Fsp3) is 0.462. The van der Waals surface area contributed by atoms with Gasteiger partial charge in [-0.25, -0.2) is 8.42 Å². The molecular weight excluding hydrogens is 486 g/mol. The van der Waals surface area contributed by atoms with Crippen molar-refractivity contribution in [2.24, 2.45) is 0 Å². The van der Waals surface area contributed by atoms with Gasteiger partial charge in [-0.1, -0.05) is 61.8 Å². The van der Waals surface area contributed by atoms with Crippen LogP contribution in [0.5, 0.6) is 0 Å². The number of carbonyl (C=O) groups excluding carboxylic acids is 2. The first-order chi connectivity index (χ1) is 16.7. The number of halogens is 1. The summed E-state index contributed by atoms with van der Waals surface area (Å²) in [7, 11) is -3.56. The van der Waals surface area contributed by atoms with Gasteiger partial charge in [0.25, 0.3) is 0 Å². The van der Waals surface area contributed by atoms with Gasteiger partial charge in [0, 0.05) is 31.1 Å². The van der Waals surface area contributed by atoms with Crippen molar-refractivity contribution in [3.05, 3.63) is 65.2 Å². The molecule has 1 atom stereocenters. The maximum absolute atomic E-state index is 13.3. The van der Waals surface area contributed by atoms with Crippen LogP contribution in [0.2, 0.25) is 5.02 Å². The van der Waals surface area contributed by atoms with E-state index < -0.39 is 16.1 Å². The van der Waals surface area contributed by atoms with E-state index in [9.17, 15) is 18.0 Å². The Labute approximate surface area is 214 Å². The standard InChI is InChI=1S/C26H36ClN3O4S/c1-4-17-28-26(32)24(5-2)29(19-16-21-11-7-6-8-12-21)25(31)15-10-18-30(35(3,33)34)23-14-9-13-22(27)20-23/h6-9,11-14,20,24H,4-5,10,15-19H2,1-3H3,(H,28,32). The molecule has 2 aromatic carbocycles. The predicted molar refractivity (Wildman–Crippen MR) is 142 cm³/mol. The largest absolute Gasteiger partial charge is 0.354 e. The number of amides is 2. The molecular formula is C26H36ClN3O4S. The highest BCUT2D eigenvalue weighted by Gasteiger charge is 2.28. The normalized spacial score (nSPS) is 12.1. The first kappa shape index (κ1) is 28.7. The zero-order valence-corrected chi connectivity index (χ0v) is 22.3. The van der Waals surface area contributed by atoms with Crippen molar-refractivity contribution in [1.29, 1.82) is 0 Å². The van der Waals surface area contributed by atoms with E-state index in [2.05, 4.69) is 5.32 Å². The molecule has 0 fully saturated rings. The van der Waals surface area contributed by atoms with E-state index in [1.165, 1.54) is 4.31 Å². The SMILES string of the molecule is CCCNC(=O)C(CC)N(CCc1ccccc1)C(=O)CCCN(c1cccc(Cl)c1)S(C)(=O)=O. The molecule has 0 bridgehead atoms. The van der Waals surface area contributed by atoms with Crippen LogP contribution in [0.15, 0.2) is 54.6 Å². The summed E-state index contributed by atoms with van der Waals surface area (Å²) in [6.07, 6.45) is 3.50. The summed E-state index contributed by atoms with van der Waals surface area (Å²) in [5, 5.41) is 3.34. The zero-order chi connectivity index (χ0) is 25.8. The lowest BCUT2D eigenvalue weighted by Gasteiger charge is -2.31. The quantitative estimate of drug-likeness (QED) is 0.402. The van der Waals surface area contributed by atoms with Crippen molar-refractivity contribution in [1.82, 2.24) is 10.2 Å². The first-order valence-electron chi connectivity index (χ1n) is 12.0. The average molecular weight is 522 g/mol. The highest BCUT2D eigenvalue weighted by molar-refractivity contribution is 7.92. The lowest BCUT2D eigenvalue weighted by Crippen LogP contribution is -2.50. The van der Waals surface area contributed by atoms with Crippen LogP contribution < -0.4 is 9.62 Å². The molecule has 9 heteroatoms. The molecule has 0 spiro atoms. The van der Waals surface area contributed by atoms with E-state index in [-0.39, 0.29) is 24.8 Å². The number of benzene rings is 2. The monoisotopic (exact) mass is 521 g/mol. The Bertz CT molecular complexity index is 1060. The van der Waals surface area contributed by atoms with Crippen LogP contribution >= 0.6 is 11.6 Å². The third kappa shape index (κ3) is 9.18. The fourth-order valence-electron chi connectivity index (χ4n) is 3.90. The Balaban J connectivity index is 2.14. The van der Waals surface area contributed by atoms with Crippen molar-refractivity contribution >= 4 is 39.1 Å². The van der Waals surface area contributed by atoms with Gasteiger partial charge in [0.2, 0.25) is 21.8 Å². The molecule has 0 aromatic heterocycles. The van der Waals surface area contributed by atoms with Crippen LogP contribution in [-0.2, 0) is 26.0 Å². The van der Waals surface area contributed by atoms with Gasteiger partial charge in [-0.05, 0) is 49.4 Å². The lowest BCUT2D eigenvalue weighted by molar-refractivity contribution is -0.140. The van der Waals surface area contributed by atoms with Crippen LogP contribution in [0.1, 0.15) is 45.1 Å². The molecule has 7 nitrogen and oxygen atoms in total. The van der Waals surface area contributed by atoms with Crippen LogP contribution in [0.25, 0.3) is 0 Å². The van der Waals surface area contributed by atoms with E-state index in [1.807, 2.05) is 44.2 Å². The summed E-state index contributed by atoms with van der Waals surface area (Å²) in [4.78, 5) is 27.8. The van der Waals surface area contributed by atoms with Gasteiger partial charge < -0.3 is 10.2 Å². The summed E-state index contributed by atoms with van der Waals surface area (Å²) < 4.78 is 26.0. The number of anilines is 1. The molecule has 0 saturated carbocycles. The highest BCUT2D eigenvalue weighted by Crippen LogP contribution is 2.22. The summed E-state index contributed by atoms with van der Waals surface area (Å²) in [6, 6.07) is 15.9. The molecule has 0 aliphatic rings. The molecule has 192 valence electrons. The van der Waals surface area contributed by atoms with Gasteiger partial charge in [-0.2, -0.15) is 0 Å². The minimum absolute atomic E-state index is 0.124. The predicted octanol–water partition coefficient (Wildman–Crippen LogP) is 4.26. The maximum atomic E-state index is 13.3. The number of nitrogens with one attached hydrogen (secondary N) is 1. The summed E-state index contributed by atoms with van der Waals surface area (Å²) in [6.45, 7) is 4.97. The number of sulfonamides is 1. The maximum Gasteiger partial charge on any atom is 0.242 e. The Morgan fingerprint density at radius 3 is 2.34 bits per heavy atom. The van der Waals surface area contributed by atoms with E-state index in [1.54, 1.807) is 29.2 Å². The second-order valence-electron chi connectivity index (χ2n) is 8.46. The van der Waals surface area contributed by atoms with Gasteiger partial charge in [-0.3, -0.25) is 13.9 Å². The van der Waals surface area contributed by atoms with Gasteiger partial charge >= 0.3 is 0 Å². The Hall–Kier alpha value is -2.58. The number of hydrogen-bond donors (Lipinski definition) is 1. The molecule has 0 heterocycles. The van der Waals surface area contributed by atoms with E-state index in [0.29, 0.717) is 43.1 Å². The molecule has 0 saturated heterocycles. The Morgan fingerprint density at radius 2 is 1.74 bits per heavy atom.